The van der Waals surface area contributed by atoms with E-state index in [0.717, 1.165) is 32.0 Å². The minimum Gasteiger partial charge on any atom is -0.396 e. The second-order valence-corrected chi connectivity index (χ2v) is 7.69. The van der Waals surface area contributed by atoms with Crippen molar-refractivity contribution >= 4 is 11.9 Å². The molecule has 1 amide bonds. The predicted octanol–water partition coefficient (Wildman–Crippen LogP) is 1.03. The maximum absolute atomic E-state index is 12.0. The number of rotatable bonds is 9. The second kappa shape index (κ2) is 11.4. The van der Waals surface area contributed by atoms with Crippen molar-refractivity contribution in [3.05, 3.63) is 0 Å². The fraction of sp³-hybridized carbons (Fsp3) is 0.895. The molecule has 1 aliphatic carbocycles. The topological polar surface area (TPSA) is 95.0 Å². The maximum atomic E-state index is 12.0. The van der Waals surface area contributed by atoms with Crippen molar-refractivity contribution in [1.82, 2.24) is 16.0 Å². The first-order valence-electron chi connectivity index (χ1n) is 10.1. The van der Waals surface area contributed by atoms with Crippen LogP contribution in [0.1, 0.15) is 51.4 Å². The Kier molecular flexibility index (Phi) is 9.18. The Hall–Kier alpha value is -1.34. The van der Waals surface area contributed by atoms with Crippen LogP contribution in [-0.4, -0.2) is 63.5 Å². The fourth-order valence-corrected chi connectivity index (χ4v) is 3.91. The zero-order chi connectivity index (χ0) is 18.7. The van der Waals surface area contributed by atoms with Gasteiger partial charge in [0.2, 0.25) is 5.91 Å². The highest BCUT2D eigenvalue weighted by Crippen LogP contribution is 2.31. The lowest BCUT2D eigenvalue weighted by Crippen LogP contribution is -2.46. The van der Waals surface area contributed by atoms with Crippen molar-refractivity contribution in [3.63, 3.8) is 0 Å². The van der Waals surface area contributed by atoms with Crippen LogP contribution in [0.15, 0.2) is 4.99 Å². The molecule has 26 heavy (non-hydrogen) atoms. The molecule has 0 aromatic heterocycles. The first-order valence-corrected chi connectivity index (χ1v) is 10.1. The standard InChI is InChI=1S/C19H36N4O3/c1-20-18(23-14-19(7-11-24)8-12-26-15-19)22-10-9-21-17(25)13-16-5-3-2-4-6-16/h16,24H,2-15H2,1H3,(H,21,25)(H2,20,22,23). The summed E-state index contributed by atoms with van der Waals surface area (Å²) < 4.78 is 5.51. The van der Waals surface area contributed by atoms with E-state index < -0.39 is 0 Å². The van der Waals surface area contributed by atoms with Crippen LogP contribution >= 0.6 is 0 Å². The maximum Gasteiger partial charge on any atom is 0.220 e. The molecule has 1 saturated carbocycles. The van der Waals surface area contributed by atoms with Gasteiger partial charge in [-0.1, -0.05) is 19.3 Å². The molecule has 7 heteroatoms. The van der Waals surface area contributed by atoms with Crippen LogP contribution in [0.3, 0.4) is 0 Å². The molecule has 0 bridgehead atoms. The molecule has 1 saturated heterocycles. The normalized spacial score (nSPS) is 24.5. The molecule has 0 aromatic carbocycles. The predicted molar refractivity (Wildman–Crippen MR) is 103 cm³/mol. The van der Waals surface area contributed by atoms with E-state index in [1.807, 2.05) is 0 Å². The number of hydrogen-bond acceptors (Lipinski definition) is 4. The number of carbonyl (C=O) groups excluding carboxylic acids is 1. The van der Waals surface area contributed by atoms with Crippen LogP contribution in [0.25, 0.3) is 0 Å². The molecule has 2 fully saturated rings. The van der Waals surface area contributed by atoms with E-state index in [4.69, 9.17) is 4.74 Å². The first-order chi connectivity index (χ1) is 12.7. The van der Waals surface area contributed by atoms with Gasteiger partial charge in [0.05, 0.1) is 6.61 Å². The number of ether oxygens (including phenoxy) is 1. The van der Waals surface area contributed by atoms with Crippen LogP contribution in [0.2, 0.25) is 0 Å². The molecule has 1 heterocycles. The van der Waals surface area contributed by atoms with Crippen molar-refractivity contribution in [2.75, 3.05) is 46.5 Å². The van der Waals surface area contributed by atoms with Crippen molar-refractivity contribution in [2.24, 2.45) is 16.3 Å². The van der Waals surface area contributed by atoms with Gasteiger partial charge in [-0.05, 0) is 31.6 Å². The van der Waals surface area contributed by atoms with Gasteiger partial charge in [-0.2, -0.15) is 0 Å². The number of aliphatic hydroxyl groups excluding tert-OH is 1. The van der Waals surface area contributed by atoms with Crippen LogP contribution in [0, 0.1) is 11.3 Å². The summed E-state index contributed by atoms with van der Waals surface area (Å²) in [5, 5.41) is 18.8. The molecule has 0 radical (unpaired) electrons. The van der Waals surface area contributed by atoms with Crippen molar-refractivity contribution in [2.45, 2.75) is 51.4 Å². The Balaban J connectivity index is 1.60. The molecule has 2 rings (SSSR count). The smallest absolute Gasteiger partial charge is 0.220 e. The molecule has 0 aromatic rings. The molecule has 1 atom stereocenters. The van der Waals surface area contributed by atoms with Gasteiger partial charge < -0.3 is 25.8 Å². The van der Waals surface area contributed by atoms with Crippen LogP contribution < -0.4 is 16.0 Å². The van der Waals surface area contributed by atoms with Gasteiger partial charge in [0.25, 0.3) is 0 Å². The monoisotopic (exact) mass is 368 g/mol. The molecule has 150 valence electrons. The average molecular weight is 369 g/mol. The van der Waals surface area contributed by atoms with Gasteiger partial charge in [-0.15, -0.1) is 0 Å². The quantitative estimate of drug-likeness (QED) is 0.277. The zero-order valence-corrected chi connectivity index (χ0v) is 16.2. The Morgan fingerprint density at radius 1 is 1.19 bits per heavy atom. The van der Waals surface area contributed by atoms with Gasteiger partial charge in [0, 0.05) is 51.7 Å². The van der Waals surface area contributed by atoms with Gasteiger partial charge >= 0.3 is 0 Å². The summed E-state index contributed by atoms with van der Waals surface area (Å²) in [6, 6.07) is 0. The fourth-order valence-electron chi connectivity index (χ4n) is 3.91. The number of guanidine groups is 1. The number of amides is 1. The summed E-state index contributed by atoms with van der Waals surface area (Å²) in [6.45, 7) is 3.55. The van der Waals surface area contributed by atoms with Crippen LogP contribution in [-0.2, 0) is 9.53 Å². The lowest BCUT2D eigenvalue weighted by Gasteiger charge is -2.27. The lowest BCUT2D eigenvalue weighted by molar-refractivity contribution is -0.122. The Bertz CT molecular complexity index is 444. The van der Waals surface area contributed by atoms with Crippen LogP contribution in [0.4, 0.5) is 0 Å². The number of nitrogens with one attached hydrogen (secondary N) is 3. The summed E-state index contributed by atoms with van der Waals surface area (Å²) in [5.74, 6) is 1.45. The van der Waals surface area contributed by atoms with Crippen LogP contribution in [0.5, 0.6) is 0 Å². The Morgan fingerprint density at radius 3 is 2.62 bits per heavy atom. The summed E-state index contributed by atoms with van der Waals surface area (Å²) in [4.78, 5) is 16.2. The zero-order valence-electron chi connectivity index (χ0n) is 16.2. The van der Waals surface area contributed by atoms with Crippen molar-refractivity contribution < 1.29 is 14.6 Å². The lowest BCUT2D eigenvalue weighted by atomic mass is 9.84. The van der Waals surface area contributed by atoms with Crippen molar-refractivity contribution in [1.29, 1.82) is 0 Å². The number of aliphatic imine (C=N–C) groups is 1. The number of aliphatic hydroxyl groups is 1. The second-order valence-electron chi connectivity index (χ2n) is 7.69. The highest BCUT2D eigenvalue weighted by Gasteiger charge is 2.34. The summed E-state index contributed by atoms with van der Waals surface area (Å²) in [6.07, 6.45) is 8.59. The third-order valence-electron chi connectivity index (χ3n) is 5.62. The third kappa shape index (κ3) is 7.11. The van der Waals surface area contributed by atoms with E-state index in [1.54, 1.807) is 7.05 Å². The van der Waals surface area contributed by atoms with Gasteiger partial charge in [-0.3, -0.25) is 9.79 Å². The van der Waals surface area contributed by atoms with Gasteiger partial charge in [0.1, 0.15) is 0 Å². The molecule has 0 spiro atoms. The summed E-state index contributed by atoms with van der Waals surface area (Å²) in [7, 11) is 1.74. The van der Waals surface area contributed by atoms with E-state index in [0.29, 0.717) is 32.0 Å². The summed E-state index contributed by atoms with van der Waals surface area (Å²) in [5.41, 5.74) is -0.0133. The molecule has 1 unspecified atom stereocenters. The highest BCUT2D eigenvalue weighted by molar-refractivity contribution is 5.80. The number of carbonyl (C=O) groups is 1. The molecular formula is C19H36N4O3. The van der Waals surface area contributed by atoms with E-state index >= 15 is 0 Å². The number of hydrogen-bond donors (Lipinski definition) is 4. The molecule has 4 N–H and O–H groups in total. The number of nitrogens with zero attached hydrogens (tertiary/aromatic N) is 1. The minimum absolute atomic E-state index is 0.0133. The molecular weight excluding hydrogens is 332 g/mol. The van der Waals surface area contributed by atoms with Gasteiger partial charge in [0.15, 0.2) is 5.96 Å². The highest BCUT2D eigenvalue weighted by atomic mass is 16.5. The molecule has 1 aliphatic heterocycles. The SMILES string of the molecule is CN=C(NCCNC(=O)CC1CCCCC1)NCC1(CCO)CCOC1. The van der Waals surface area contributed by atoms with E-state index in [2.05, 4.69) is 20.9 Å². The van der Waals surface area contributed by atoms with E-state index in [-0.39, 0.29) is 17.9 Å². The molecule has 7 nitrogen and oxygen atoms in total. The van der Waals surface area contributed by atoms with E-state index in [1.165, 1.54) is 32.1 Å². The average Bonchev–Trinajstić information content (AvgIpc) is 3.11. The Morgan fingerprint density at radius 2 is 1.96 bits per heavy atom. The first kappa shape index (κ1) is 21.0. The Labute approximate surface area is 157 Å². The van der Waals surface area contributed by atoms with E-state index in [9.17, 15) is 9.90 Å². The summed E-state index contributed by atoms with van der Waals surface area (Å²) >= 11 is 0. The van der Waals surface area contributed by atoms with Crippen molar-refractivity contribution in [3.8, 4) is 0 Å². The third-order valence-corrected chi connectivity index (χ3v) is 5.62. The largest absolute Gasteiger partial charge is 0.396 e. The van der Waals surface area contributed by atoms with Gasteiger partial charge in [-0.25, -0.2) is 0 Å². The minimum atomic E-state index is -0.0133. The molecule has 2 aliphatic rings.